The summed E-state index contributed by atoms with van der Waals surface area (Å²) in [6.45, 7) is 0. The predicted octanol–water partition coefficient (Wildman–Crippen LogP) is 4.79. The minimum absolute atomic E-state index is 0.460. The highest BCUT2D eigenvalue weighted by molar-refractivity contribution is 6.44. The molecule has 4 heteroatoms. The summed E-state index contributed by atoms with van der Waals surface area (Å²) in [6, 6.07) is 3.61. The van der Waals surface area contributed by atoms with Crippen molar-refractivity contribution in [2.45, 2.75) is 31.6 Å². The summed E-state index contributed by atoms with van der Waals surface area (Å²) in [5.74, 6) is 1.28. The molecule has 0 N–H and O–H groups in total. The fraction of sp³-hybridized carbons (Fsp3) is 0.417. The Morgan fingerprint density at radius 1 is 1.19 bits per heavy atom. The van der Waals surface area contributed by atoms with Crippen molar-refractivity contribution in [3.05, 3.63) is 28.1 Å². The van der Waals surface area contributed by atoms with Crippen LogP contribution in [0.2, 0.25) is 10.0 Å². The Kier molecular flexibility index (Phi) is 2.56. The van der Waals surface area contributed by atoms with Gasteiger partial charge in [-0.25, -0.2) is 4.98 Å². The van der Waals surface area contributed by atoms with E-state index in [1.165, 1.54) is 12.8 Å². The van der Waals surface area contributed by atoms with Gasteiger partial charge in [0, 0.05) is 5.92 Å². The zero-order chi connectivity index (χ0) is 11.1. The van der Waals surface area contributed by atoms with Gasteiger partial charge >= 0.3 is 0 Å². The van der Waals surface area contributed by atoms with E-state index in [2.05, 4.69) is 4.98 Å². The standard InChI is InChI=1S/C12H11Cl2NO/c13-8-5-6-9-11(10(8)14)16-12(15-9)7-3-1-2-4-7/h5-7H,1-4H2. The first kappa shape index (κ1) is 10.4. The fourth-order valence-corrected chi connectivity index (χ4v) is 2.65. The van der Waals surface area contributed by atoms with Gasteiger partial charge in [-0.2, -0.15) is 0 Å². The fourth-order valence-electron chi connectivity index (χ4n) is 2.30. The molecule has 2 aromatic rings. The van der Waals surface area contributed by atoms with Crippen LogP contribution in [0, 0.1) is 0 Å². The number of benzene rings is 1. The summed E-state index contributed by atoms with van der Waals surface area (Å²) in [6.07, 6.45) is 4.85. The minimum atomic E-state index is 0.460. The molecule has 0 aliphatic heterocycles. The molecule has 0 spiro atoms. The molecule has 1 aromatic carbocycles. The van der Waals surface area contributed by atoms with E-state index < -0.39 is 0 Å². The number of hydrogen-bond donors (Lipinski definition) is 0. The van der Waals surface area contributed by atoms with Crippen LogP contribution in [0.25, 0.3) is 11.1 Å². The quantitative estimate of drug-likeness (QED) is 0.732. The third kappa shape index (κ3) is 1.61. The second-order valence-corrected chi connectivity index (χ2v) is 5.03. The van der Waals surface area contributed by atoms with Crippen molar-refractivity contribution in [1.29, 1.82) is 0 Å². The Morgan fingerprint density at radius 3 is 2.69 bits per heavy atom. The van der Waals surface area contributed by atoms with Crippen molar-refractivity contribution in [3.8, 4) is 0 Å². The van der Waals surface area contributed by atoms with E-state index in [0.717, 1.165) is 24.2 Å². The maximum Gasteiger partial charge on any atom is 0.198 e. The Morgan fingerprint density at radius 2 is 1.94 bits per heavy atom. The van der Waals surface area contributed by atoms with Crippen molar-refractivity contribution in [2.75, 3.05) is 0 Å². The summed E-state index contributed by atoms with van der Waals surface area (Å²) < 4.78 is 5.74. The largest absolute Gasteiger partial charge is 0.439 e. The van der Waals surface area contributed by atoms with Gasteiger partial charge in [0.1, 0.15) is 10.5 Å². The highest BCUT2D eigenvalue weighted by Gasteiger charge is 2.23. The zero-order valence-corrected chi connectivity index (χ0v) is 10.2. The average Bonchev–Trinajstić information content (AvgIpc) is 2.91. The van der Waals surface area contributed by atoms with Gasteiger partial charge in [0.05, 0.1) is 5.02 Å². The molecular weight excluding hydrogens is 245 g/mol. The molecule has 2 nitrogen and oxygen atoms in total. The molecule has 1 aliphatic rings. The molecular formula is C12H11Cl2NO. The van der Waals surface area contributed by atoms with Gasteiger partial charge in [-0.05, 0) is 25.0 Å². The minimum Gasteiger partial charge on any atom is -0.439 e. The van der Waals surface area contributed by atoms with Crippen LogP contribution in [0.5, 0.6) is 0 Å². The van der Waals surface area contributed by atoms with E-state index in [-0.39, 0.29) is 0 Å². The molecule has 0 amide bonds. The van der Waals surface area contributed by atoms with E-state index >= 15 is 0 Å². The van der Waals surface area contributed by atoms with Gasteiger partial charge in [0.2, 0.25) is 0 Å². The number of fused-ring (bicyclic) bond motifs is 1. The maximum absolute atomic E-state index is 6.08. The summed E-state index contributed by atoms with van der Waals surface area (Å²) in [5.41, 5.74) is 1.42. The molecule has 0 unspecified atom stereocenters. The number of hydrogen-bond acceptors (Lipinski definition) is 2. The Bertz CT molecular complexity index is 529. The molecule has 3 rings (SSSR count). The first-order valence-electron chi connectivity index (χ1n) is 5.50. The number of halogens is 2. The molecule has 0 atom stereocenters. The summed E-state index contributed by atoms with van der Waals surface area (Å²) >= 11 is 12.0. The number of oxazole rings is 1. The molecule has 16 heavy (non-hydrogen) atoms. The van der Waals surface area contributed by atoms with Gasteiger partial charge < -0.3 is 4.42 Å². The van der Waals surface area contributed by atoms with Crippen LogP contribution < -0.4 is 0 Å². The second-order valence-electron chi connectivity index (χ2n) is 4.24. The lowest BCUT2D eigenvalue weighted by Crippen LogP contribution is -1.90. The molecule has 0 bridgehead atoms. The Labute approximate surface area is 104 Å². The molecule has 1 saturated carbocycles. The van der Waals surface area contributed by atoms with E-state index in [0.29, 0.717) is 21.5 Å². The average molecular weight is 256 g/mol. The van der Waals surface area contributed by atoms with Gasteiger partial charge in [-0.15, -0.1) is 0 Å². The monoisotopic (exact) mass is 255 g/mol. The summed E-state index contributed by atoms with van der Waals surface area (Å²) in [5, 5.41) is 0.985. The van der Waals surface area contributed by atoms with Crippen molar-refractivity contribution >= 4 is 34.3 Å². The van der Waals surface area contributed by atoms with Gasteiger partial charge in [-0.1, -0.05) is 36.0 Å². The molecule has 1 aliphatic carbocycles. The topological polar surface area (TPSA) is 26.0 Å². The van der Waals surface area contributed by atoms with Crippen molar-refractivity contribution in [2.24, 2.45) is 0 Å². The third-order valence-electron chi connectivity index (χ3n) is 3.17. The lowest BCUT2D eigenvalue weighted by atomic mass is 10.1. The molecule has 84 valence electrons. The van der Waals surface area contributed by atoms with E-state index in [9.17, 15) is 0 Å². The maximum atomic E-state index is 6.08. The Balaban J connectivity index is 2.11. The van der Waals surface area contributed by atoms with E-state index in [4.69, 9.17) is 27.6 Å². The molecule has 1 fully saturated rings. The first-order chi connectivity index (χ1) is 7.75. The predicted molar refractivity (Wildman–Crippen MR) is 65.2 cm³/mol. The molecule has 0 saturated heterocycles. The van der Waals surface area contributed by atoms with Crippen LogP contribution in [0.3, 0.4) is 0 Å². The van der Waals surface area contributed by atoms with Gasteiger partial charge in [0.25, 0.3) is 0 Å². The van der Waals surface area contributed by atoms with Crippen molar-refractivity contribution in [3.63, 3.8) is 0 Å². The van der Waals surface area contributed by atoms with Crippen LogP contribution in [0.4, 0.5) is 0 Å². The lowest BCUT2D eigenvalue weighted by Gasteiger charge is -2.00. The zero-order valence-electron chi connectivity index (χ0n) is 8.67. The normalized spacial score (nSPS) is 17.4. The number of aromatic nitrogens is 1. The van der Waals surface area contributed by atoms with Crippen LogP contribution >= 0.6 is 23.2 Å². The smallest absolute Gasteiger partial charge is 0.198 e. The van der Waals surface area contributed by atoms with Crippen LogP contribution in [0.15, 0.2) is 16.5 Å². The second kappa shape index (κ2) is 3.94. The van der Waals surface area contributed by atoms with E-state index in [1.807, 2.05) is 6.07 Å². The van der Waals surface area contributed by atoms with Crippen LogP contribution in [0.1, 0.15) is 37.5 Å². The number of rotatable bonds is 1. The van der Waals surface area contributed by atoms with Crippen molar-refractivity contribution in [1.82, 2.24) is 4.98 Å². The van der Waals surface area contributed by atoms with Gasteiger partial charge in [-0.3, -0.25) is 0 Å². The first-order valence-corrected chi connectivity index (χ1v) is 6.26. The highest BCUT2D eigenvalue weighted by atomic mass is 35.5. The number of nitrogens with zero attached hydrogens (tertiary/aromatic N) is 1. The SMILES string of the molecule is Clc1ccc2nc(C3CCCC3)oc2c1Cl. The lowest BCUT2D eigenvalue weighted by molar-refractivity contribution is 0.474. The van der Waals surface area contributed by atoms with E-state index in [1.54, 1.807) is 6.07 Å². The summed E-state index contributed by atoms with van der Waals surface area (Å²) in [7, 11) is 0. The van der Waals surface area contributed by atoms with Gasteiger partial charge in [0.15, 0.2) is 11.5 Å². The Hall–Kier alpha value is -0.730. The molecule has 1 heterocycles. The van der Waals surface area contributed by atoms with Crippen molar-refractivity contribution < 1.29 is 4.42 Å². The molecule has 0 radical (unpaired) electrons. The molecule has 1 aromatic heterocycles. The third-order valence-corrected chi connectivity index (χ3v) is 3.96. The highest BCUT2D eigenvalue weighted by Crippen LogP contribution is 2.37. The van der Waals surface area contributed by atoms with Crippen LogP contribution in [-0.2, 0) is 0 Å². The van der Waals surface area contributed by atoms with Crippen LogP contribution in [-0.4, -0.2) is 4.98 Å². The summed E-state index contributed by atoms with van der Waals surface area (Å²) in [4.78, 5) is 4.49.